The molecule has 0 aliphatic heterocycles. The van der Waals surface area contributed by atoms with Crippen LogP contribution in [0.5, 0.6) is 0 Å². The van der Waals surface area contributed by atoms with Crippen LogP contribution in [0.15, 0.2) is 24.3 Å². The average Bonchev–Trinajstić information content (AvgIpc) is 2.27. The fraction of sp³-hybridized carbons (Fsp3) is 0.167. The number of hydrogen-bond donors (Lipinski definition) is 2. The number of rotatable bonds is 2. The molecule has 0 radical (unpaired) electrons. The third kappa shape index (κ3) is 2.14. The summed E-state index contributed by atoms with van der Waals surface area (Å²) in [4.78, 5) is 0. The molecular weight excluding hydrogens is 176 g/mol. The first kappa shape index (κ1) is 10.3. The Morgan fingerprint density at radius 2 is 1.14 bits per heavy atom. The fourth-order valence-electron chi connectivity index (χ4n) is 1.05. The zero-order valence-electron chi connectivity index (χ0n) is 7.51. The van der Waals surface area contributed by atoms with Crippen LogP contribution >= 0.6 is 0 Å². The maximum Gasteiger partial charge on any atom is 0.139 e. The Hall–Kier alpha value is -1.74. The topological polar surface area (TPSA) is 40.5 Å². The number of hydrogen-bond acceptors (Lipinski definition) is 2. The Kier molecular flexibility index (Phi) is 3.31. The third-order valence-corrected chi connectivity index (χ3v) is 1.88. The monoisotopic (exact) mass is 186 g/mol. The van der Waals surface area contributed by atoms with Gasteiger partial charge in [0.05, 0.1) is 0 Å². The molecule has 0 saturated heterocycles. The highest BCUT2D eigenvalue weighted by molar-refractivity contribution is 5.31. The molecule has 0 aliphatic carbocycles. The molecule has 0 aliphatic rings. The van der Waals surface area contributed by atoms with Crippen molar-refractivity contribution in [2.24, 2.45) is 0 Å². The normalized spacial score (nSPS) is 13.7. The van der Waals surface area contributed by atoms with Crippen molar-refractivity contribution in [1.82, 2.24) is 0 Å². The maximum absolute atomic E-state index is 9.28. The molecule has 2 nitrogen and oxygen atoms in total. The van der Waals surface area contributed by atoms with Crippen molar-refractivity contribution >= 4 is 0 Å². The SMILES string of the molecule is C#C[C@@H](O)c1ccc([C@@H](O)C#C)cc1. The first-order valence-corrected chi connectivity index (χ1v) is 4.07. The van der Waals surface area contributed by atoms with E-state index in [2.05, 4.69) is 11.8 Å². The molecule has 0 unspecified atom stereocenters. The van der Waals surface area contributed by atoms with E-state index in [4.69, 9.17) is 12.8 Å². The molecule has 70 valence electrons. The summed E-state index contributed by atoms with van der Waals surface area (Å²) in [7, 11) is 0. The summed E-state index contributed by atoms with van der Waals surface area (Å²) in [5.74, 6) is 4.39. The van der Waals surface area contributed by atoms with Crippen molar-refractivity contribution in [1.29, 1.82) is 0 Å². The molecule has 0 aromatic heterocycles. The van der Waals surface area contributed by atoms with Gasteiger partial charge < -0.3 is 10.2 Å². The summed E-state index contributed by atoms with van der Waals surface area (Å²) in [6, 6.07) is 6.56. The lowest BCUT2D eigenvalue weighted by atomic mass is 10.0. The quantitative estimate of drug-likeness (QED) is 0.677. The molecule has 0 saturated carbocycles. The van der Waals surface area contributed by atoms with Gasteiger partial charge in [0.25, 0.3) is 0 Å². The molecule has 0 heterocycles. The second kappa shape index (κ2) is 4.48. The molecule has 0 amide bonds. The van der Waals surface area contributed by atoms with Crippen LogP contribution in [0.3, 0.4) is 0 Å². The minimum absolute atomic E-state index is 0.612. The second-order valence-corrected chi connectivity index (χ2v) is 2.81. The Balaban J connectivity index is 2.91. The van der Waals surface area contributed by atoms with E-state index in [1.165, 1.54) is 0 Å². The fourth-order valence-corrected chi connectivity index (χ4v) is 1.05. The minimum Gasteiger partial charge on any atom is -0.376 e. The van der Waals surface area contributed by atoms with E-state index in [0.29, 0.717) is 11.1 Å². The van der Waals surface area contributed by atoms with E-state index < -0.39 is 12.2 Å². The summed E-state index contributed by atoms with van der Waals surface area (Å²) in [6.45, 7) is 0. The van der Waals surface area contributed by atoms with Crippen LogP contribution in [0.4, 0.5) is 0 Å². The molecule has 2 atom stereocenters. The predicted molar refractivity (Wildman–Crippen MR) is 54.0 cm³/mol. The molecule has 1 aromatic rings. The molecule has 0 fully saturated rings. The number of aliphatic hydroxyl groups is 2. The first-order valence-electron chi connectivity index (χ1n) is 4.07. The van der Waals surface area contributed by atoms with Crippen molar-refractivity contribution in [2.45, 2.75) is 12.2 Å². The van der Waals surface area contributed by atoms with E-state index in [-0.39, 0.29) is 0 Å². The average molecular weight is 186 g/mol. The van der Waals surface area contributed by atoms with Gasteiger partial charge in [-0.15, -0.1) is 12.8 Å². The Labute approximate surface area is 83.2 Å². The predicted octanol–water partition coefficient (Wildman–Crippen LogP) is 1.02. The van der Waals surface area contributed by atoms with Crippen molar-refractivity contribution < 1.29 is 10.2 Å². The Morgan fingerprint density at radius 1 is 0.857 bits per heavy atom. The van der Waals surface area contributed by atoms with Crippen LogP contribution in [0.2, 0.25) is 0 Å². The van der Waals surface area contributed by atoms with Crippen molar-refractivity contribution in [3.05, 3.63) is 35.4 Å². The standard InChI is InChI=1S/C12H10O2/c1-3-11(13)9-5-7-10(8-6-9)12(14)4-2/h1-2,5-8,11-14H/t11-,12+. The highest BCUT2D eigenvalue weighted by atomic mass is 16.3. The summed E-state index contributed by atoms with van der Waals surface area (Å²) in [6.07, 6.45) is 8.27. The zero-order chi connectivity index (χ0) is 10.6. The smallest absolute Gasteiger partial charge is 0.139 e. The van der Waals surface area contributed by atoms with Crippen LogP contribution in [0.1, 0.15) is 23.3 Å². The van der Waals surface area contributed by atoms with Crippen LogP contribution in [0.25, 0.3) is 0 Å². The lowest BCUT2D eigenvalue weighted by molar-refractivity contribution is 0.234. The lowest BCUT2D eigenvalue weighted by Gasteiger charge is -2.06. The summed E-state index contributed by atoms with van der Waals surface area (Å²) < 4.78 is 0. The first-order chi connectivity index (χ1) is 6.69. The number of aliphatic hydroxyl groups excluding tert-OH is 2. The highest BCUT2D eigenvalue weighted by Crippen LogP contribution is 2.16. The van der Waals surface area contributed by atoms with Gasteiger partial charge in [-0.25, -0.2) is 0 Å². The van der Waals surface area contributed by atoms with Crippen molar-refractivity contribution in [3.63, 3.8) is 0 Å². The van der Waals surface area contributed by atoms with Gasteiger partial charge in [-0.3, -0.25) is 0 Å². The Bertz CT molecular complexity index is 339. The van der Waals surface area contributed by atoms with Gasteiger partial charge in [-0.05, 0) is 11.1 Å². The van der Waals surface area contributed by atoms with E-state index in [9.17, 15) is 10.2 Å². The molecule has 1 rings (SSSR count). The lowest BCUT2D eigenvalue weighted by Crippen LogP contribution is -1.96. The number of benzene rings is 1. The Morgan fingerprint density at radius 3 is 1.36 bits per heavy atom. The van der Waals surface area contributed by atoms with E-state index in [1.807, 2.05) is 0 Å². The number of terminal acetylenes is 2. The van der Waals surface area contributed by atoms with E-state index in [1.54, 1.807) is 24.3 Å². The largest absolute Gasteiger partial charge is 0.376 e. The van der Waals surface area contributed by atoms with Crippen molar-refractivity contribution in [2.75, 3.05) is 0 Å². The molecule has 0 spiro atoms. The van der Waals surface area contributed by atoms with Gasteiger partial charge in [0.1, 0.15) is 12.2 Å². The molecule has 14 heavy (non-hydrogen) atoms. The minimum atomic E-state index is -0.910. The summed E-state index contributed by atoms with van der Waals surface area (Å²) in [5.41, 5.74) is 1.22. The molecule has 2 heteroatoms. The van der Waals surface area contributed by atoms with E-state index in [0.717, 1.165) is 0 Å². The van der Waals surface area contributed by atoms with Crippen LogP contribution < -0.4 is 0 Å². The van der Waals surface area contributed by atoms with Crippen molar-refractivity contribution in [3.8, 4) is 24.7 Å². The second-order valence-electron chi connectivity index (χ2n) is 2.81. The zero-order valence-corrected chi connectivity index (χ0v) is 7.51. The molecule has 1 aromatic carbocycles. The highest BCUT2D eigenvalue weighted by Gasteiger charge is 2.05. The van der Waals surface area contributed by atoms with Gasteiger partial charge >= 0.3 is 0 Å². The summed E-state index contributed by atoms with van der Waals surface area (Å²) in [5, 5.41) is 18.6. The van der Waals surface area contributed by atoms with Crippen LogP contribution in [-0.2, 0) is 0 Å². The summed E-state index contributed by atoms with van der Waals surface area (Å²) >= 11 is 0. The van der Waals surface area contributed by atoms with Gasteiger partial charge in [-0.2, -0.15) is 0 Å². The molecular formula is C12H10O2. The van der Waals surface area contributed by atoms with Gasteiger partial charge in [0, 0.05) is 0 Å². The molecule has 0 bridgehead atoms. The molecule has 2 N–H and O–H groups in total. The van der Waals surface area contributed by atoms with Crippen LogP contribution in [0, 0.1) is 24.7 Å². The van der Waals surface area contributed by atoms with E-state index >= 15 is 0 Å². The van der Waals surface area contributed by atoms with Gasteiger partial charge in [0.2, 0.25) is 0 Å². The van der Waals surface area contributed by atoms with Gasteiger partial charge in [0.15, 0.2) is 0 Å². The van der Waals surface area contributed by atoms with Crippen LogP contribution in [-0.4, -0.2) is 10.2 Å². The maximum atomic E-state index is 9.28. The third-order valence-electron chi connectivity index (χ3n) is 1.88. The van der Waals surface area contributed by atoms with Gasteiger partial charge in [-0.1, -0.05) is 36.1 Å².